The number of rotatable bonds is 4. The highest BCUT2D eigenvalue weighted by Gasteiger charge is 2.24. The molecule has 2 amide bonds. The van der Waals surface area contributed by atoms with Gasteiger partial charge < -0.3 is 15.8 Å². The minimum absolute atomic E-state index is 0.289. The van der Waals surface area contributed by atoms with Gasteiger partial charge in [-0.2, -0.15) is 0 Å². The van der Waals surface area contributed by atoms with Crippen LogP contribution in [0, 0.1) is 0 Å². The maximum atomic E-state index is 12.8. The smallest absolute Gasteiger partial charge is 0.274 e. The molecule has 0 unspecified atom stereocenters. The van der Waals surface area contributed by atoms with Gasteiger partial charge in [-0.25, -0.2) is 4.98 Å². The molecule has 28 heavy (non-hydrogen) atoms. The Hall–Kier alpha value is -2.93. The monoisotopic (exact) mass is 395 g/mol. The normalized spacial score (nSPS) is 13.6. The predicted octanol–water partition coefficient (Wildman–Crippen LogP) is 3.93. The van der Waals surface area contributed by atoms with E-state index in [1.54, 1.807) is 19.2 Å². The van der Waals surface area contributed by atoms with Gasteiger partial charge >= 0.3 is 0 Å². The van der Waals surface area contributed by atoms with Crippen LogP contribution in [0.1, 0.15) is 50.5 Å². The van der Waals surface area contributed by atoms with Gasteiger partial charge in [-0.05, 0) is 55.5 Å². The molecule has 2 aromatic heterocycles. The average Bonchev–Trinajstić information content (AvgIpc) is 2.87. The number of aryl methyl sites for hydroxylation is 1. The van der Waals surface area contributed by atoms with E-state index in [1.165, 1.54) is 11.3 Å². The van der Waals surface area contributed by atoms with Gasteiger partial charge in [-0.15, -0.1) is 11.3 Å². The van der Waals surface area contributed by atoms with Crippen LogP contribution in [-0.4, -0.2) is 23.9 Å². The summed E-state index contributed by atoms with van der Waals surface area (Å²) in [6, 6.07) is 8.98. The molecular formula is C21H21N3O3S. The summed E-state index contributed by atoms with van der Waals surface area (Å²) in [6.07, 6.45) is 5.03. The lowest BCUT2D eigenvalue weighted by atomic mass is 10.1. The number of nitrogens with two attached hydrogens (primary N) is 1. The van der Waals surface area contributed by atoms with Crippen molar-refractivity contribution in [3.8, 4) is 5.75 Å². The molecule has 0 saturated heterocycles. The number of nitrogens with zero attached hydrogens (tertiary/aromatic N) is 1. The number of nitrogens with one attached hydrogen (secondary N) is 1. The molecule has 0 saturated carbocycles. The van der Waals surface area contributed by atoms with E-state index in [9.17, 15) is 9.59 Å². The van der Waals surface area contributed by atoms with Crippen molar-refractivity contribution in [3.63, 3.8) is 0 Å². The van der Waals surface area contributed by atoms with Gasteiger partial charge in [0.25, 0.3) is 11.8 Å². The third kappa shape index (κ3) is 3.45. The molecule has 4 rings (SSSR count). The lowest BCUT2D eigenvalue weighted by molar-refractivity contribution is 0.100. The highest BCUT2D eigenvalue weighted by atomic mass is 32.1. The van der Waals surface area contributed by atoms with Gasteiger partial charge in [0.05, 0.1) is 18.2 Å². The van der Waals surface area contributed by atoms with E-state index in [4.69, 9.17) is 10.5 Å². The fraction of sp³-hybridized carbons (Fsp3) is 0.286. The Balaban J connectivity index is 1.65. The molecule has 2 heterocycles. The Kier molecular flexibility index (Phi) is 5.00. The molecular weight excluding hydrogens is 374 g/mol. The highest BCUT2D eigenvalue weighted by molar-refractivity contribution is 7.17. The number of thiophene rings is 1. The fourth-order valence-electron chi connectivity index (χ4n) is 3.62. The van der Waals surface area contributed by atoms with Crippen molar-refractivity contribution in [3.05, 3.63) is 52.0 Å². The molecule has 0 bridgehead atoms. The van der Waals surface area contributed by atoms with Gasteiger partial charge in [0.1, 0.15) is 16.4 Å². The van der Waals surface area contributed by atoms with Crippen molar-refractivity contribution in [2.24, 2.45) is 5.73 Å². The second-order valence-electron chi connectivity index (χ2n) is 6.84. The Morgan fingerprint density at radius 2 is 1.96 bits per heavy atom. The van der Waals surface area contributed by atoms with Crippen LogP contribution >= 0.6 is 11.3 Å². The van der Waals surface area contributed by atoms with E-state index >= 15 is 0 Å². The SMILES string of the molecule is COc1ccc2nc(C(=O)Nc3sc4c(c3C(N)=O)CCCCC4)ccc2c1. The van der Waals surface area contributed by atoms with Gasteiger partial charge in [0.2, 0.25) is 0 Å². The molecule has 0 fully saturated rings. The first-order chi connectivity index (χ1) is 13.6. The lowest BCUT2D eigenvalue weighted by Crippen LogP contribution is -2.18. The number of amides is 2. The molecule has 3 N–H and O–H groups in total. The van der Waals surface area contributed by atoms with Crippen molar-refractivity contribution < 1.29 is 14.3 Å². The molecule has 0 aliphatic heterocycles. The molecule has 0 radical (unpaired) electrons. The summed E-state index contributed by atoms with van der Waals surface area (Å²) in [5, 5.41) is 4.28. The van der Waals surface area contributed by atoms with Crippen LogP contribution in [0.2, 0.25) is 0 Å². The molecule has 0 spiro atoms. The number of hydrogen-bond acceptors (Lipinski definition) is 5. The van der Waals surface area contributed by atoms with E-state index in [2.05, 4.69) is 10.3 Å². The predicted molar refractivity (Wildman–Crippen MR) is 110 cm³/mol. The number of primary amides is 1. The average molecular weight is 395 g/mol. The maximum absolute atomic E-state index is 12.8. The van der Waals surface area contributed by atoms with Crippen LogP contribution in [0.5, 0.6) is 5.75 Å². The Bertz CT molecular complexity index is 1070. The number of pyridine rings is 1. The highest BCUT2D eigenvalue weighted by Crippen LogP contribution is 2.37. The summed E-state index contributed by atoms with van der Waals surface area (Å²) < 4.78 is 5.21. The van der Waals surface area contributed by atoms with Gasteiger partial charge in [0.15, 0.2) is 0 Å². The quantitative estimate of drug-likeness (QED) is 0.655. The van der Waals surface area contributed by atoms with Crippen molar-refractivity contribution in [1.82, 2.24) is 4.98 Å². The summed E-state index contributed by atoms with van der Waals surface area (Å²) in [5.41, 5.74) is 8.09. The molecule has 7 heteroatoms. The third-order valence-corrected chi connectivity index (χ3v) is 6.23. The van der Waals surface area contributed by atoms with Gasteiger partial charge in [0, 0.05) is 10.3 Å². The lowest BCUT2D eigenvalue weighted by Gasteiger charge is -2.07. The first-order valence-electron chi connectivity index (χ1n) is 9.27. The number of benzene rings is 1. The fourth-order valence-corrected chi connectivity index (χ4v) is 4.91. The Morgan fingerprint density at radius 3 is 2.75 bits per heavy atom. The van der Waals surface area contributed by atoms with E-state index in [1.807, 2.05) is 18.2 Å². The van der Waals surface area contributed by atoms with Crippen LogP contribution in [-0.2, 0) is 12.8 Å². The topological polar surface area (TPSA) is 94.3 Å². The van der Waals surface area contributed by atoms with Crippen LogP contribution in [0.25, 0.3) is 10.9 Å². The minimum Gasteiger partial charge on any atom is -0.497 e. The summed E-state index contributed by atoms with van der Waals surface area (Å²) in [7, 11) is 1.61. The molecule has 1 aromatic carbocycles. The van der Waals surface area contributed by atoms with Gasteiger partial charge in [-0.1, -0.05) is 12.5 Å². The van der Waals surface area contributed by atoms with E-state index in [-0.39, 0.29) is 11.6 Å². The summed E-state index contributed by atoms with van der Waals surface area (Å²) >= 11 is 1.46. The van der Waals surface area contributed by atoms with Crippen LogP contribution < -0.4 is 15.8 Å². The summed E-state index contributed by atoms with van der Waals surface area (Å²) in [5.74, 6) is -0.109. The van der Waals surface area contributed by atoms with Crippen LogP contribution in [0.4, 0.5) is 5.00 Å². The zero-order valence-electron chi connectivity index (χ0n) is 15.6. The van der Waals surface area contributed by atoms with Crippen molar-refractivity contribution in [2.45, 2.75) is 32.1 Å². The number of carbonyl (C=O) groups is 2. The second kappa shape index (κ2) is 7.59. The molecule has 1 aliphatic rings. The van der Waals surface area contributed by atoms with Crippen molar-refractivity contribution >= 4 is 39.1 Å². The first kappa shape index (κ1) is 18.4. The molecule has 0 atom stereocenters. The zero-order chi connectivity index (χ0) is 19.7. The van der Waals surface area contributed by atoms with Crippen LogP contribution in [0.15, 0.2) is 30.3 Å². The van der Waals surface area contributed by atoms with E-state index in [0.717, 1.165) is 53.7 Å². The Morgan fingerprint density at radius 1 is 1.14 bits per heavy atom. The molecule has 144 valence electrons. The molecule has 3 aromatic rings. The summed E-state index contributed by atoms with van der Waals surface area (Å²) in [6.45, 7) is 0. The maximum Gasteiger partial charge on any atom is 0.274 e. The first-order valence-corrected chi connectivity index (χ1v) is 10.1. The van der Waals surface area contributed by atoms with Crippen LogP contribution in [0.3, 0.4) is 0 Å². The molecule has 6 nitrogen and oxygen atoms in total. The summed E-state index contributed by atoms with van der Waals surface area (Å²) in [4.78, 5) is 30.5. The van der Waals surface area contributed by atoms with Crippen molar-refractivity contribution in [2.75, 3.05) is 12.4 Å². The molecule has 1 aliphatic carbocycles. The number of ether oxygens (including phenoxy) is 1. The third-order valence-electron chi connectivity index (χ3n) is 5.02. The largest absolute Gasteiger partial charge is 0.497 e. The number of anilines is 1. The number of aromatic nitrogens is 1. The Labute approximate surface area is 166 Å². The second-order valence-corrected chi connectivity index (χ2v) is 7.95. The van der Waals surface area contributed by atoms with Gasteiger partial charge in [-0.3, -0.25) is 9.59 Å². The van der Waals surface area contributed by atoms with E-state index < -0.39 is 5.91 Å². The zero-order valence-corrected chi connectivity index (χ0v) is 16.4. The minimum atomic E-state index is -0.492. The van der Waals surface area contributed by atoms with Crippen molar-refractivity contribution in [1.29, 1.82) is 0 Å². The standard InChI is InChI=1S/C21H21N3O3S/c1-27-13-8-10-15-12(11-13)7-9-16(23-15)20(26)24-21-18(19(22)25)14-5-3-2-4-6-17(14)28-21/h7-11H,2-6H2,1H3,(H2,22,25)(H,24,26). The number of methoxy groups -OCH3 is 1. The number of hydrogen-bond donors (Lipinski definition) is 2. The van der Waals surface area contributed by atoms with E-state index in [0.29, 0.717) is 16.1 Å². The number of carbonyl (C=O) groups excluding carboxylic acids is 2. The number of fused-ring (bicyclic) bond motifs is 2.